The molecule has 110 valence electrons. The Hall–Kier alpha value is -1.63. The molecule has 1 aromatic rings. The van der Waals surface area contributed by atoms with E-state index >= 15 is 0 Å². The van der Waals surface area contributed by atoms with E-state index in [9.17, 15) is 18.0 Å². The van der Waals surface area contributed by atoms with Crippen LogP contribution in [0.25, 0.3) is 0 Å². The molecule has 1 amide bonds. The highest BCUT2D eigenvalue weighted by molar-refractivity contribution is 7.80. The second-order valence-electron chi connectivity index (χ2n) is 4.77. The van der Waals surface area contributed by atoms with Crippen LogP contribution in [-0.2, 0) is 11.0 Å². The second-order valence-corrected chi connectivity index (χ2v) is 5.21. The largest absolute Gasteiger partial charge is 0.416 e. The minimum atomic E-state index is -4.49. The number of nitrogens with one attached hydrogen (secondary N) is 1. The Bertz CT molecular complexity index is 527. The number of amides is 1. The van der Waals surface area contributed by atoms with E-state index in [0.29, 0.717) is 0 Å². The van der Waals surface area contributed by atoms with Gasteiger partial charge in [0.25, 0.3) is 0 Å². The molecule has 0 fully saturated rings. The van der Waals surface area contributed by atoms with Crippen molar-refractivity contribution in [2.75, 3.05) is 5.32 Å². The van der Waals surface area contributed by atoms with E-state index in [-0.39, 0.29) is 34.5 Å². The number of hydrogen-bond donors (Lipinski definition) is 2. The molecule has 1 rings (SSSR count). The van der Waals surface area contributed by atoms with Crippen LogP contribution in [-0.4, -0.2) is 10.9 Å². The molecule has 3 nitrogen and oxygen atoms in total. The van der Waals surface area contributed by atoms with E-state index in [1.807, 2.05) is 13.8 Å². The lowest BCUT2D eigenvalue weighted by Gasteiger charge is -2.14. The average molecular weight is 304 g/mol. The number of hydrogen-bond acceptors (Lipinski definition) is 2. The van der Waals surface area contributed by atoms with Crippen LogP contribution >= 0.6 is 12.2 Å². The maximum absolute atomic E-state index is 12.6. The van der Waals surface area contributed by atoms with Gasteiger partial charge < -0.3 is 11.1 Å². The quantitative estimate of drug-likeness (QED) is 0.839. The number of halogens is 3. The predicted molar refractivity (Wildman–Crippen MR) is 75.4 cm³/mol. The van der Waals surface area contributed by atoms with E-state index < -0.39 is 11.7 Å². The third-order valence-corrected chi connectivity index (χ3v) is 2.70. The van der Waals surface area contributed by atoms with Gasteiger partial charge in [0, 0.05) is 12.0 Å². The normalized spacial score (nSPS) is 11.5. The Balaban J connectivity index is 3.08. The summed E-state index contributed by atoms with van der Waals surface area (Å²) in [5, 5.41) is 2.53. The first-order chi connectivity index (χ1) is 9.11. The number of carbonyl (C=O) groups is 1. The van der Waals surface area contributed by atoms with Gasteiger partial charge in [-0.2, -0.15) is 13.2 Å². The molecule has 1 aromatic carbocycles. The van der Waals surface area contributed by atoms with E-state index in [1.165, 1.54) is 0 Å². The van der Waals surface area contributed by atoms with Crippen LogP contribution in [0.5, 0.6) is 0 Å². The van der Waals surface area contributed by atoms with Crippen LogP contribution in [0, 0.1) is 5.92 Å². The Morgan fingerprint density at radius 1 is 1.40 bits per heavy atom. The Labute approximate surface area is 120 Å². The minimum Gasteiger partial charge on any atom is -0.389 e. The number of alkyl halides is 3. The second kappa shape index (κ2) is 6.21. The first-order valence-electron chi connectivity index (χ1n) is 5.92. The van der Waals surface area contributed by atoms with Crippen molar-refractivity contribution in [1.82, 2.24) is 0 Å². The van der Waals surface area contributed by atoms with Gasteiger partial charge in [-0.05, 0) is 24.1 Å². The first-order valence-corrected chi connectivity index (χ1v) is 6.33. The molecule has 0 spiro atoms. The monoisotopic (exact) mass is 304 g/mol. The maximum Gasteiger partial charge on any atom is 0.416 e. The molecule has 0 unspecified atom stereocenters. The van der Waals surface area contributed by atoms with Crippen molar-refractivity contribution in [3.05, 3.63) is 29.3 Å². The molecular formula is C13H15F3N2OS. The topological polar surface area (TPSA) is 55.1 Å². The van der Waals surface area contributed by atoms with Gasteiger partial charge in [-0.3, -0.25) is 4.79 Å². The van der Waals surface area contributed by atoms with Gasteiger partial charge in [0.1, 0.15) is 4.99 Å². The van der Waals surface area contributed by atoms with Crippen molar-refractivity contribution in [3.63, 3.8) is 0 Å². The van der Waals surface area contributed by atoms with Crippen LogP contribution in [0.15, 0.2) is 18.2 Å². The van der Waals surface area contributed by atoms with Crippen LogP contribution in [0.3, 0.4) is 0 Å². The van der Waals surface area contributed by atoms with Gasteiger partial charge in [0.05, 0.1) is 11.3 Å². The molecule has 0 aliphatic rings. The molecule has 3 N–H and O–H groups in total. The van der Waals surface area contributed by atoms with Gasteiger partial charge >= 0.3 is 6.18 Å². The van der Waals surface area contributed by atoms with Gasteiger partial charge in [-0.25, -0.2) is 0 Å². The highest BCUT2D eigenvalue weighted by atomic mass is 32.1. The van der Waals surface area contributed by atoms with Gasteiger partial charge in [0.2, 0.25) is 5.91 Å². The first kappa shape index (κ1) is 16.4. The summed E-state index contributed by atoms with van der Waals surface area (Å²) in [7, 11) is 0. The fourth-order valence-corrected chi connectivity index (χ4v) is 1.77. The molecule has 0 saturated carbocycles. The fraction of sp³-hybridized carbons (Fsp3) is 0.385. The zero-order valence-electron chi connectivity index (χ0n) is 11.0. The lowest BCUT2D eigenvalue weighted by Crippen LogP contribution is -2.19. The predicted octanol–water partition coefficient (Wildman–Crippen LogP) is 3.32. The molecular weight excluding hydrogens is 289 g/mol. The summed E-state index contributed by atoms with van der Waals surface area (Å²) in [6, 6.07) is 2.88. The van der Waals surface area contributed by atoms with Crippen molar-refractivity contribution in [1.29, 1.82) is 0 Å². The summed E-state index contributed by atoms with van der Waals surface area (Å²) in [5.74, 6) is -0.157. The summed E-state index contributed by atoms with van der Waals surface area (Å²) < 4.78 is 37.9. The van der Waals surface area contributed by atoms with Crippen LogP contribution in [0.1, 0.15) is 31.4 Å². The van der Waals surface area contributed by atoms with Crippen molar-refractivity contribution < 1.29 is 18.0 Å². The average Bonchev–Trinajstić information content (AvgIpc) is 2.26. The van der Waals surface area contributed by atoms with E-state index in [2.05, 4.69) is 5.32 Å². The highest BCUT2D eigenvalue weighted by Crippen LogP contribution is 2.32. The maximum atomic E-state index is 12.6. The number of anilines is 1. The molecule has 0 aliphatic heterocycles. The zero-order valence-corrected chi connectivity index (χ0v) is 11.9. The fourth-order valence-electron chi connectivity index (χ4n) is 1.61. The SMILES string of the molecule is CC(C)CC(=O)Nc1ccc(C(F)(F)F)cc1C(N)=S. The highest BCUT2D eigenvalue weighted by Gasteiger charge is 2.31. The molecule has 0 atom stereocenters. The lowest BCUT2D eigenvalue weighted by molar-refractivity contribution is -0.137. The third-order valence-electron chi connectivity index (χ3n) is 2.48. The summed E-state index contributed by atoms with van der Waals surface area (Å²) in [6.45, 7) is 3.72. The molecule has 0 heterocycles. The Kier molecular flexibility index (Phi) is 5.10. The van der Waals surface area contributed by atoms with Crippen molar-refractivity contribution >= 4 is 28.8 Å². The standard InChI is InChI=1S/C13H15F3N2OS/c1-7(2)5-11(19)18-10-4-3-8(13(14,15)16)6-9(10)12(17)20/h3-4,6-7H,5H2,1-2H3,(H2,17,20)(H,18,19). The van der Waals surface area contributed by atoms with Crippen molar-refractivity contribution in [2.45, 2.75) is 26.4 Å². The van der Waals surface area contributed by atoms with E-state index in [0.717, 1.165) is 18.2 Å². The lowest BCUT2D eigenvalue weighted by atomic mass is 10.1. The Morgan fingerprint density at radius 3 is 2.45 bits per heavy atom. The van der Waals surface area contributed by atoms with Crippen molar-refractivity contribution in [3.8, 4) is 0 Å². The molecule has 0 radical (unpaired) electrons. The molecule has 0 aromatic heterocycles. The number of nitrogens with two attached hydrogens (primary N) is 1. The molecule has 20 heavy (non-hydrogen) atoms. The molecule has 0 saturated heterocycles. The van der Waals surface area contributed by atoms with E-state index in [1.54, 1.807) is 0 Å². The van der Waals surface area contributed by atoms with Crippen LogP contribution < -0.4 is 11.1 Å². The number of carbonyl (C=O) groups excluding carboxylic acids is 1. The van der Waals surface area contributed by atoms with Gasteiger partial charge in [-0.1, -0.05) is 26.1 Å². The molecule has 7 heteroatoms. The van der Waals surface area contributed by atoms with E-state index in [4.69, 9.17) is 18.0 Å². The summed E-state index contributed by atoms with van der Waals surface area (Å²) >= 11 is 4.73. The molecule has 0 aliphatic carbocycles. The number of rotatable bonds is 4. The Morgan fingerprint density at radius 2 is 2.00 bits per heavy atom. The van der Waals surface area contributed by atoms with Crippen LogP contribution in [0.2, 0.25) is 0 Å². The van der Waals surface area contributed by atoms with Crippen LogP contribution in [0.4, 0.5) is 18.9 Å². The summed E-state index contributed by atoms with van der Waals surface area (Å²) in [4.78, 5) is 11.5. The van der Waals surface area contributed by atoms with Gasteiger partial charge in [0.15, 0.2) is 0 Å². The number of thiocarbonyl (C=S) groups is 1. The summed E-state index contributed by atoms with van der Waals surface area (Å²) in [5.41, 5.74) is 4.75. The zero-order chi connectivity index (χ0) is 15.5. The summed E-state index contributed by atoms with van der Waals surface area (Å²) in [6.07, 6.45) is -4.22. The number of benzene rings is 1. The molecule has 0 bridgehead atoms. The third kappa shape index (κ3) is 4.48. The minimum absolute atomic E-state index is 0.00642. The smallest absolute Gasteiger partial charge is 0.389 e. The van der Waals surface area contributed by atoms with Gasteiger partial charge in [-0.15, -0.1) is 0 Å². The van der Waals surface area contributed by atoms with Crippen molar-refractivity contribution in [2.24, 2.45) is 11.7 Å².